The Hall–Kier alpha value is -1.94. The minimum absolute atomic E-state index is 0.376. The molecule has 0 unspecified atom stereocenters. The molecular formula is C20H28N2O2. The summed E-state index contributed by atoms with van der Waals surface area (Å²) in [6.45, 7) is 12.3. The molecule has 130 valence electrons. The van der Waals surface area contributed by atoms with Crippen LogP contribution in [0.4, 0.5) is 5.69 Å². The molecule has 0 radical (unpaired) electrons. The van der Waals surface area contributed by atoms with Crippen LogP contribution < -0.4 is 16.2 Å². The van der Waals surface area contributed by atoms with Gasteiger partial charge in [0.15, 0.2) is 0 Å². The zero-order valence-electron chi connectivity index (χ0n) is 15.2. The average molecular weight is 328 g/mol. The van der Waals surface area contributed by atoms with Crippen molar-refractivity contribution in [1.82, 2.24) is 4.90 Å². The van der Waals surface area contributed by atoms with E-state index < -0.39 is 0 Å². The molecule has 0 aromatic heterocycles. The highest BCUT2D eigenvalue weighted by Crippen LogP contribution is 2.25. The van der Waals surface area contributed by atoms with Crippen molar-refractivity contribution in [2.45, 2.75) is 40.0 Å². The van der Waals surface area contributed by atoms with Crippen LogP contribution in [-0.2, 0) is 0 Å². The first-order chi connectivity index (χ1) is 11.5. The fourth-order valence-corrected chi connectivity index (χ4v) is 2.93. The van der Waals surface area contributed by atoms with Crippen molar-refractivity contribution in [2.24, 2.45) is 0 Å². The Morgan fingerprint density at radius 3 is 2.17 bits per heavy atom. The van der Waals surface area contributed by atoms with Gasteiger partial charge in [-0.1, -0.05) is 52.0 Å². The molecule has 0 spiro atoms. The van der Waals surface area contributed by atoms with Gasteiger partial charge >= 0.3 is 0 Å². The molecule has 0 saturated carbocycles. The number of rotatable bonds is 9. The Labute approximate surface area is 144 Å². The molecule has 0 bridgehead atoms. The van der Waals surface area contributed by atoms with Crippen LogP contribution in [0, 0.1) is 0 Å². The fourth-order valence-electron chi connectivity index (χ4n) is 2.93. The summed E-state index contributed by atoms with van der Waals surface area (Å²) >= 11 is 0. The number of nitrogens with one attached hydrogen (secondary N) is 1. The molecule has 0 aliphatic rings. The van der Waals surface area contributed by atoms with E-state index in [0.29, 0.717) is 23.7 Å². The summed E-state index contributed by atoms with van der Waals surface area (Å²) < 4.78 is 0. The molecule has 0 atom stereocenters. The molecule has 2 aromatic rings. The van der Waals surface area contributed by atoms with E-state index in [4.69, 9.17) is 0 Å². The fraction of sp³-hybridized carbons (Fsp3) is 0.500. The Bertz CT molecular complexity index is 721. The van der Waals surface area contributed by atoms with E-state index in [1.165, 1.54) is 5.56 Å². The highest BCUT2D eigenvalue weighted by atomic mass is 16.2. The lowest BCUT2D eigenvalue weighted by molar-refractivity contribution is 0.303. The van der Waals surface area contributed by atoms with E-state index in [9.17, 15) is 9.59 Å². The summed E-state index contributed by atoms with van der Waals surface area (Å²) in [5.74, 6) is 0.449. The highest BCUT2D eigenvalue weighted by molar-refractivity contribution is 5.81. The Kier molecular flexibility index (Phi) is 6.32. The minimum Gasteiger partial charge on any atom is -0.381 e. The van der Waals surface area contributed by atoms with Gasteiger partial charge in [0.1, 0.15) is 0 Å². The van der Waals surface area contributed by atoms with Crippen molar-refractivity contribution < 1.29 is 0 Å². The Morgan fingerprint density at radius 1 is 1.00 bits per heavy atom. The van der Waals surface area contributed by atoms with Crippen LogP contribution in [-0.4, -0.2) is 31.1 Å². The van der Waals surface area contributed by atoms with Gasteiger partial charge in [0.2, 0.25) is 10.9 Å². The molecule has 4 nitrogen and oxygen atoms in total. The standard InChI is InChI=1S/C20H28N2O2/c1-5-22(6-2)13-7-12-21-18-17(19(23)20(18)24)16-10-8-15(9-11-16)14(3)4/h8-11,14,21H,5-7,12-13H2,1-4H3. The average Bonchev–Trinajstić information content (AvgIpc) is 2.60. The van der Waals surface area contributed by atoms with Gasteiger partial charge in [0.25, 0.3) is 0 Å². The third kappa shape index (κ3) is 3.93. The molecule has 0 aliphatic heterocycles. The second-order valence-electron chi connectivity index (χ2n) is 6.49. The number of benzene rings is 1. The first-order valence-electron chi connectivity index (χ1n) is 8.89. The molecule has 2 aromatic carbocycles. The van der Waals surface area contributed by atoms with E-state index in [0.717, 1.165) is 31.6 Å². The molecule has 0 fully saturated rings. The Balaban J connectivity index is 2.04. The summed E-state index contributed by atoms with van der Waals surface area (Å²) in [5.41, 5.74) is 2.32. The van der Waals surface area contributed by atoms with Crippen LogP contribution >= 0.6 is 0 Å². The van der Waals surface area contributed by atoms with Crippen LogP contribution in [0.2, 0.25) is 0 Å². The smallest absolute Gasteiger partial charge is 0.250 e. The quantitative estimate of drug-likeness (QED) is 0.567. The molecule has 2 rings (SSSR count). The maximum absolute atomic E-state index is 12.0. The lowest BCUT2D eigenvalue weighted by atomic mass is 9.95. The zero-order chi connectivity index (χ0) is 17.7. The summed E-state index contributed by atoms with van der Waals surface area (Å²) in [7, 11) is 0. The van der Waals surface area contributed by atoms with Gasteiger partial charge in [-0.25, -0.2) is 0 Å². The summed E-state index contributed by atoms with van der Waals surface area (Å²) in [5, 5.41) is 3.17. The van der Waals surface area contributed by atoms with Crippen LogP contribution in [0.25, 0.3) is 11.1 Å². The van der Waals surface area contributed by atoms with E-state index >= 15 is 0 Å². The molecule has 24 heavy (non-hydrogen) atoms. The monoisotopic (exact) mass is 328 g/mol. The lowest BCUT2D eigenvalue weighted by Crippen LogP contribution is -2.36. The minimum atomic E-state index is -0.388. The summed E-state index contributed by atoms with van der Waals surface area (Å²) in [6.07, 6.45) is 0.951. The molecule has 0 saturated heterocycles. The molecule has 4 heteroatoms. The number of nitrogens with zero attached hydrogens (tertiary/aromatic N) is 1. The largest absolute Gasteiger partial charge is 0.381 e. The molecular weight excluding hydrogens is 300 g/mol. The number of hydrogen-bond acceptors (Lipinski definition) is 4. The van der Waals surface area contributed by atoms with Crippen LogP contribution in [0.5, 0.6) is 0 Å². The van der Waals surface area contributed by atoms with E-state index in [2.05, 4.69) is 37.9 Å². The topological polar surface area (TPSA) is 49.4 Å². The second kappa shape index (κ2) is 8.25. The number of hydrogen-bond donors (Lipinski definition) is 1. The first kappa shape index (κ1) is 18.4. The maximum Gasteiger partial charge on any atom is 0.250 e. The van der Waals surface area contributed by atoms with Gasteiger partial charge in [-0.2, -0.15) is 0 Å². The SMILES string of the molecule is CCN(CC)CCCNc1c(-c2ccc(C(C)C)cc2)c(=O)c1=O. The van der Waals surface area contributed by atoms with Gasteiger partial charge < -0.3 is 10.2 Å². The molecule has 0 amide bonds. The van der Waals surface area contributed by atoms with E-state index in [1.54, 1.807) is 0 Å². The van der Waals surface area contributed by atoms with Gasteiger partial charge in [0, 0.05) is 6.54 Å². The van der Waals surface area contributed by atoms with Crippen LogP contribution in [0.1, 0.15) is 45.6 Å². The predicted molar refractivity (Wildman–Crippen MR) is 102 cm³/mol. The Morgan fingerprint density at radius 2 is 1.62 bits per heavy atom. The molecule has 1 N–H and O–H groups in total. The zero-order valence-corrected chi connectivity index (χ0v) is 15.2. The predicted octanol–water partition coefficient (Wildman–Crippen LogP) is 3.22. The van der Waals surface area contributed by atoms with Crippen molar-refractivity contribution >= 4 is 5.69 Å². The lowest BCUT2D eigenvalue weighted by Gasteiger charge is -2.19. The normalized spacial score (nSPS) is 11.6. The van der Waals surface area contributed by atoms with Gasteiger partial charge in [-0.3, -0.25) is 9.59 Å². The highest BCUT2D eigenvalue weighted by Gasteiger charge is 2.21. The van der Waals surface area contributed by atoms with Crippen molar-refractivity contribution in [3.8, 4) is 11.1 Å². The van der Waals surface area contributed by atoms with E-state index in [1.807, 2.05) is 24.3 Å². The second-order valence-corrected chi connectivity index (χ2v) is 6.49. The van der Waals surface area contributed by atoms with Crippen molar-refractivity contribution in [1.29, 1.82) is 0 Å². The number of anilines is 1. The first-order valence-corrected chi connectivity index (χ1v) is 8.89. The van der Waals surface area contributed by atoms with Crippen LogP contribution in [0.3, 0.4) is 0 Å². The maximum atomic E-state index is 12.0. The van der Waals surface area contributed by atoms with Gasteiger partial charge in [0.05, 0.1) is 11.3 Å². The van der Waals surface area contributed by atoms with Crippen molar-refractivity contribution in [3.63, 3.8) is 0 Å². The third-order valence-corrected chi connectivity index (χ3v) is 4.62. The summed E-state index contributed by atoms with van der Waals surface area (Å²) in [6, 6.07) is 7.93. The van der Waals surface area contributed by atoms with E-state index in [-0.39, 0.29) is 10.9 Å². The van der Waals surface area contributed by atoms with Crippen molar-refractivity contribution in [3.05, 3.63) is 50.3 Å². The molecule has 0 heterocycles. The summed E-state index contributed by atoms with van der Waals surface area (Å²) in [4.78, 5) is 26.2. The van der Waals surface area contributed by atoms with Crippen LogP contribution in [0.15, 0.2) is 33.9 Å². The van der Waals surface area contributed by atoms with Crippen molar-refractivity contribution in [2.75, 3.05) is 31.5 Å². The van der Waals surface area contributed by atoms with Gasteiger partial charge in [-0.15, -0.1) is 0 Å². The molecule has 0 aliphatic carbocycles. The third-order valence-electron chi connectivity index (χ3n) is 4.62. The van der Waals surface area contributed by atoms with Gasteiger partial charge in [-0.05, 0) is 43.1 Å².